The van der Waals surface area contributed by atoms with Crippen molar-refractivity contribution in [3.8, 4) is 0 Å². The van der Waals surface area contributed by atoms with Gasteiger partial charge in [0.15, 0.2) is 0 Å². The molecule has 0 aromatic heterocycles. The van der Waals surface area contributed by atoms with E-state index in [4.69, 9.17) is 11.6 Å². The minimum absolute atomic E-state index is 0.195. The summed E-state index contributed by atoms with van der Waals surface area (Å²) in [4.78, 5) is 0. The first-order valence-corrected chi connectivity index (χ1v) is 7.12. The Morgan fingerprint density at radius 2 is 1.55 bits per heavy atom. The van der Waals surface area contributed by atoms with Gasteiger partial charge >= 0.3 is 0 Å². The van der Waals surface area contributed by atoms with Crippen LogP contribution in [-0.4, -0.2) is 0 Å². The number of para-hydroxylation sites is 1. The van der Waals surface area contributed by atoms with Crippen LogP contribution < -0.4 is 5.32 Å². The second kappa shape index (κ2) is 5.56. The zero-order valence-corrected chi connectivity index (χ0v) is 12.1. The molecule has 0 aliphatic rings. The smallest absolute Gasteiger partial charge is 0.0637 e. The molecule has 0 spiro atoms. The average molecular weight is 282 g/mol. The second-order valence-electron chi connectivity index (χ2n) is 4.91. The number of hydrogen-bond acceptors (Lipinski definition) is 1. The van der Waals surface area contributed by atoms with Crippen LogP contribution in [0.4, 0.5) is 5.69 Å². The van der Waals surface area contributed by atoms with Crippen molar-refractivity contribution in [2.24, 2.45) is 0 Å². The largest absolute Gasteiger partial charge is 0.377 e. The Morgan fingerprint density at radius 3 is 2.40 bits per heavy atom. The van der Waals surface area contributed by atoms with E-state index >= 15 is 0 Å². The maximum absolute atomic E-state index is 6.21. The quantitative estimate of drug-likeness (QED) is 0.652. The molecule has 0 aliphatic heterocycles. The van der Waals surface area contributed by atoms with Crippen LogP contribution in [-0.2, 0) is 0 Å². The highest BCUT2D eigenvalue weighted by Gasteiger charge is 2.10. The first kappa shape index (κ1) is 13.0. The number of benzene rings is 3. The lowest BCUT2D eigenvalue weighted by molar-refractivity contribution is 0.895. The fourth-order valence-electron chi connectivity index (χ4n) is 2.52. The highest BCUT2D eigenvalue weighted by atomic mass is 35.5. The van der Waals surface area contributed by atoms with Crippen molar-refractivity contribution in [1.82, 2.24) is 0 Å². The Balaban J connectivity index is 1.97. The van der Waals surface area contributed by atoms with Gasteiger partial charge in [-0.25, -0.2) is 0 Å². The third-order valence-electron chi connectivity index (χ3n) is 3.54. The van der Waals surface area contributed by atoms with Crippen LogP contribution in [0, 0.1) is 0 Å². The molecule has 100 valence electrons. The summed E-state index contributed by atoms with van der Waals surface area (Å²) in [6, 6.07) is 22.9. The van der Waals surface area contributed by atoms with Crippen molar-refractivity contribution in [3.63, 3.8) is 0 Å². The molecule has 0 bridgehead atoms. The summed E-state index contributed by atoms with van der Waals surface area (Å²) in [7, 11) is 0. The summed E-state index contributed by atoms with van der Waals surface area (Å²) in [6.45, 7) is 2.16. The summed E-state index contributed by atoms with van der Waals surface area (Å²) >= 11 is 6.21. The molecular weight excluding hydrogens is 266 g/mol. The monoisotopic (exact) mass is 281 g/mol. The molecule has 1 atom stereocenters. The molecule has 0 saturated carbocycles. The van der Waals surface area contributed by atoms with Gasteiger partial charge < -0.3 is 5.32 Å². The molecule has 0 radical (unpaired) electrons. The predicted molar refractivity (Wildman–Crippen MR) is 87.4 cm³/mol. The summed E-state index contributed by atoms with van der Waals surface area (Å²) in [6.07, 6.45) is 0. The van der Waals surface area contributed by atoms with Crippen LogP contribution in [0.15, 0.2) is 66.7 Å². The van der Waals surface area contributed by atoms with Crippen LogP contribution in [0.2, 0.25) is 5.02 Å². The molecule has 3 aromatic carbocycles. The van der Waals surface area contributed by atoms with E-state index in [1.54, 1.807) is 0 Å². The Kier molecular flexibility index (Phi) is 3.62. The molecular formula is C18H16ClN. The zero-order valence-electron chi connectivity index (χ0n) is 11.3. The van der Waals surface area contributed by atoms with Gasteiger partial charge in [0.2, 0.25) is 0 Å². The molecule has 3 aromatic rings. The molecule has 2 heteroatoms. The van der Waals surface area contributed by atoms with Crippen LogP contribution in [0.25, 0.3) is 10.8 Å². The lowest BCUT2D eigenvalue weighted by Crippen LogP contribution is -2.07. The van der Waals surface area contributed by atoms with Gasteiger partial charge in [0.25, 0.3) is 0 Å². The first-order valence-electron chi connectivity index (χ1n) is 6.74. The zero-order chi connectivity index (χ0) is 13.9. The molecule has 0 fully saturated rings. The van der Waals surface area contributed by atoms with Gasteiger partial charge in [-0.3, -0.25) is 0 Å². The number of rotatable bonds is 3. The fraction of sp³-hybridized carbons (Fsp3) is 0.111. The normalized spacial score (nSPS) is 12.3. The molecule has 0 aliphatic carbocycles. The Morgan fingerprint density at radius 1 is 0.850 bits per heavy atom. The minimum Gasteiger partial charge on any atom is -0.377 e. The van der Waals surface area contributed by atoms with Crippen LogP contribution >= 0.6 is 11.6 Å². The van der Waals surface area contributed by atoms with Crippen molar-refractivity contribution in [3.05, 3.63) is 77.3 Å². The third-order valence-corrected chi connectivity index (χ3v) is 3.87. The standard InChI is InChI=1S/C18H16ClN/c1-13(20-18-12-5-4-11-17(18)19)15-10-6-8-14-7-2-3-9-16(14)15/h2-13,20H,1H3. The fourth-order valence-corrected chi connectivity index (χ4v) is 2.71. The molecule has 1 unspecified atom stereocenters. The van der Waals surface area contributed by atoms with E-state index in [-0.39, 0.29) is 6.04 Å². The van der Waals surface area contributed by atoms with E-state index in [1.807, 2.05) is 24.3 Å². The minimum atomic E-state index is 0.195. The van der Waals surface area contributed by atoms with E-state index in [2.05, 4.69) is 54.7 Å². The Labute approximate surface area is 124 Å². The van der Waals surface area contributed by atoms with Crippen LogP contribution in [0.1, 0.15) is 18.5 Å². The van der Waals surface area contributed by atoms with Crippen molar-refractivity contribution < 1.29 is 0 Å². The molecule has 20 heavy (non-hydrogen) atoms. The lowest BCUT2D eigenvalue weighted by Gasteiger charge is -2.18. The maximum Gasteiger partial charge on any atom is 0.0637 e. The van der Waals surface area contributed by atoms with Crippen LogP contribution in [0.3, 0.4) is 0 Å². The molecule has 0 saturated heterocycles. The van der Waals surface area contributed by atoms with E-state index in [0.29, 0.717) is 0 Å². The van der Waals surface area contributed by atoms with Crippen molar-refractivity contribution in [2.75, 3.05) is 5.32 Å². The number of nitrogens with one attached hydrogen (secondary N) is 1. The summed E-state index contributed by atoms with van der Waals surface area (Å²) < 4.78 is 0. The third kappa shape index (κ3) is 2.50. The van der Waals surface area contributed by atoms with E-state index in [0.717, 1.165) is 10.7 Å². The average Bonchev–Trinajstić information content (AvgIpc) is 2.49. The van der Waals surface area contributed by atoms with Gasteiger partial charge in [-0.05, 0) is 35.4 Å². The van der Waals surface area contributed by atoms with Gasteiger partial charge in [-0.15, -0.1) is 0 Å². The Hall–Kier alpha value is -1.99. The van der Waals surface area contributed by atoms with Gasteiger partial charge in [0.1, 0.15) is 0 Å². The predicted octanol–water partition coefficient (Wildman–Crippen LogP) is 5.67. The van der Waals surface area contributed by atoms with Gasteiger partial charge in [0.05, 0.1) is 10.7 Å². The summed E-state index contributed by atoms with van der Waals surface area (Å²) in [5.41, 5.74) is 2.25. The lowest BCUT2D eigenvalue weighted by atomic mass is 9.99. The first-order chi connectivity index (χ1) is 9.75. The van der Waals surface area contributed by atoms with Crippen LogP contribution in [0.5, 0.6) is 0 Å². The van der Waals surface area contributed by atoms with Crippen molar-refractivity contribution in [1.29, 1.82) is 0 Å². The highest BCUT2D eigenvalue weighted by molar-refractivity contribution is 6.33. The van der Waals surface area contributed by atoms with Gasteiger partial charge in [-0.2, -0.15) is 0 Å². The Bertz CT molecular complexity index is 731. The number of anilines is 1. The highest BCUT2D eigenvalue weighted by Crippen LogP contribution is 2.29. The van der Waals surface area contributed by atoms with E-state index in [1.165, 1.54) is 16.3 Å². The van der Waals surface area contributed by atoms with Crippen molar-refractivity contribution in [2.45, 2.75) is 13.0 Å². The summed E-state index contributed by atoms with van der Waals surface area (Å²) in [5, 5.41) is 6.78. The number of fused-ring (bicyclic) bond motifs is 1. The number of halogens is 1. The van der Waals surface area contributed by atoms with E-state index in [9.17, 15) is 0 Å². The van der Waals surface area contributed by atoms with Gasteiger partial charge in [0, 0.05) is 6.04 Å². The molecule has 3 rings (SSSR count). The topological polar surface area (TPSA) is 12.0 Å². The maximum atomic E-state index is 6.21. The second-order valence-corrected chi connectivity index (χ2v) is 5.32. The van der Waals surface area contributed by atoms with Gasteiger partial charge in [-0.1, -0.05) is 66.2 Å². The molecule has 0 amide bonds. The molecule has 0 heterocycles. The molecule has 1 N–H and O–H groups in total. The number of hydrogen-bond donors (Lipinski definition) is 1. The van der Waals surface area contributed by atoms with Crippen molar-refractivity contribution >= 4 is 28.1 Å². The summed E-state index contributed by atoms with van der Waals surface area (Å²) in [5.74, 6) is 0. The SMILES string of the molecule is CC(Nc1ccccc1Cl)c1cccc2ccccc12. The molecule has 1 nitrogen and oxygen atoms in total. The van der Waals surface area contributed by atoms with E-state index < -0.39 is 0 Å².